The van der Waals surface area contributed by atoms with Crippen molar-refractivity contribution in [1.29, 1.82) is 0 Å². The van der Waals surface area contributed by atoms with E-state index in [1.165, 1.54) is 17.0 Å². The van der Waals surface area contributed by atoms with Gasteiger partial charge in [0.2, 0.25) is 17.7 Å². The number of nitrogens with one attached hydrogen (secondary N) is 3. The van der Waals surface area contributed by atoms with Crippen LogP contribution >= 0.6 is 15.9 Å². The standard InChI is InChI=1S/C37H47BrN4O5/c1-21-15-22(2)17-24(4)35(45)39-25(5)37(47)42(6)33(20-30-29-9-7-8-10-31(29)40-34(30)38)36(46)41-32(19-28(44)18-23(3)16-21)26-11-13-27(43)14-12-26/h7-15,21,23-25,32-33,40,43H,16-20H2,1-6H3,(H,39,45)(H,41,46). The van der Waals surface area contributed by atoms with Crippen LogP contribution in [0, 0.1) is 17.8 Å². The number of rotatable bonds is 3. The number of benzene rings is 2. The van der Waals surface area contributed by atoms with Gasteiger partial charge in [0.15, 0.2) is 0 Å². The topological polar surface area (TPSA) is 132 Å². The molecule has 6 unspecified atom stereocenters. The number of aromatic amines is 1. The van der Waals surface area contributed by atoms with Gasteiger partial charge in [-0.15, -0.1) is 0 Å². The van der Waals surface area contributed by atoms with Crippen LogP contribution in [0.4, 0.5) is 0 Å². The predicted octanol–water partition coefficient (Wildman–Crippen LogP) is 6.37. The Hall–Kier alpha value is -3.92. The van der Waals surface area contributed by atoms with Crippen molar-refractivity contribution in [3.8, 4) is 5.75 Å². The monoisotopic (exact) mass is 706 g/mol. The third kappa shape index (κ3) is 9.34. The number of hydrogen-bond acceptors (Lipinski definition) is 5. The van der Waals surface area contributed by atoms with Crippen molar-refractivity contribution < 1.29 is 24.3 Å². The summed E-state index contributed by atoms with van der Waals surface area (Å²) in [4.78, 5) is 59.6. The number of para-hydroxylation sites is 1. The quantitative estimate of drug-likeness (QED) is 0.235. The Morgan fingerprint density at radius 3 is 2.28 bits per heavy atom. The minimum absolute atomic E-state index is 0.0130. The van der Waals surface area contributed by atoms with Crippen molar-refractivity contribution in [3.63, 3.8) is 0 Å². The summed E-state index contributed by atoms with van der Waals surface area (Å²) < 4.78 is 0.704. The van der Waals surface area contributed by atoms with Gasteiger partial charge in [-0.25, -0.2) is 0 Å². The van der Waals surface area contributed by atoms with E-state index in [1.807, 2.05) is 38.1 Å². The molecule has 4 rings (SSSR count). The molecule has 0 fully saturated rings. The highest BCUT2D eigenvalue weighted by atomic mass is 79.9. The van der Waals surface area contributed by atoms with Crippen molar-refractivity contribution >= 4 is 50.3 Å². The van der Waals surface area contributed by atoms with Crippen molar-refractivity contribution in [2.24, 2.45) is 17.8 Å². The van der Waals surface area contributed by atoms with Crippen molar-refractivity contribution in [2.45, 2.75) is 84.8 Å². The van der Waals surface area contributed by atoms with E-state index in [2.05, 4.69) is 51.5 Å². The summed E-state index contributed by atoms with van der Waals surface area (Å²) in [5, 5.41) is 16.8. The molecule has 0 bridgehead atoms. The molecule has 1 aliphatic heterocycles. The summed E-state index contributed by atoms with van der Waals surface area (Å²) in [6.45, 7) is 9.65. The molecule has 4 N–H and O–H groups in total. The van der Waals surface area contributed by atoms with Crippen LogP contribution < -0.4 is 10.6 Å². The lowest BCUT2D eigenvalue weighted by Crippen LogP contribution is -2.55. The molecule has 2 aromatic carbocycles. The Labute approximate surface area is 285 Å². The number of hydrogen-bond donors (Lipinski definition) is 4. The first kappa shape index (κ1) is 35.9. The Morgan fingerprint density at radius 1 is 0.894 bits per heavy atom. The highest BCUT2D eigenvalue weighted by Gasteiger charge is 2.34. The number of nitrogens with zero attached hydrogens (tertiary/aromatic N) is 1. The number of halogens is 1. The molecular weight excluding hydrogens is 660 g/mol. The first-order valence-electron chi connectivity index (χ1n) is 16.3. The van der Waals surface area contributed by atoms with Crippen LogP contribution in [-0.2, 0) is 25.6 Å². The first-order chi connectivity index (χ1) is 22.2. The van der Waals surface area contributed by atoms with Crippen LogP contribution in [0.2, 0.25) is 0 Å². The number of aromatic hydroxyl groups is 1. The van der Waals surface area contributed by atoms with Crippen LogP contribution in [-0.4, -0.2) is 57.6 Å². The summed E-state index contributed by atoms with van der Waals surface area (Å²) >= 11 is 3.62. The van der Waals surface area contributed by atoms with Gasteiger partial charge in [-0.2, -0.15) is 0 Å². The molecule has 6 atom stereocenters. The fourth-order valence-corrected chi connectivity index (χ4v) is 7.27. The maximum atomic E-state index is 14.3. The predicted molar refractivity (Wildman–Crippen MR) is 188 cm³/mol. The molecule has 9 nitrogen and oxygen atoms in total. The summed E-state index contributed by atoms with van der Waals surface area (Å²) in [6, 6.07) is 11.6. The van der Waals surface area contributed by atoms with E-state index in [0.29, 0.717) is 23.0 Å². The van der Waals surface area contributed by atoms with E-state index in [9.17, 15) is 24.3 Å². The van der Waals surface area contributed by atoms with E-state index in [0.717, 1.165) is 28.5 Å². The van der Waals surface area contributed by atoms with Crippen molar-refractivity contribution in [2.75, 3.05) is 7.05 Å². The van der Waals surface area contributed by atoms with E-state index in [4.69, 9.17) is 0 Å². The number of amides is 3. The number of phenols is 1. The highest BCUT2D eigenvalue weighted by Crippen LogP contribution is 2.30. The number of aromatic nitrogens is 1. The molecule has 0 saturated carbocycles. The van der Waals surface area contributed by atoms with Gasteiger partial charge >= 0.3 is 0 Å². The Kier molecular flexibility index (Phi) is 12.1. The Balaban J connectivity index is 1.74. The molecule has 0 saturated heterocycles. The lowest BCUT2D eigenvalue weighted by Gasteiger charge is -2.32. The molecule has 0 spiro atoms. The fraction of sp³-hybridized carbons (Fsp3) is 0.459. The number of likely N-dealkylation sites (N-methyl/N-ethyl adjacent to an activating group) is 1. The molecule has 3 aromatic rings. The summed E-state index contributed by atoms with van der Waals surface area (Å²) in [5.41, 5.74) is 3.46. The van der Waals surface area contributed by atoms with Gasteiger partial charge in [-0.1, -0.05) is 62.8 Å². The molecule has 252 valence electrons. The van der Waals surface area contributed by atoms with Gasteiger partial charge in [0, 0.05) is 43.1 Å². The summed E-state index contributed by atoms with van der Waals surface area (Å²) in [6.07, 6.45) is 4.10. The number of fused-ring (bicyclic) bond motifs is 1. The molecule has 1 aliphatic rings. The molecule has 1 aromatic heterocycles. The molecule has 0 radical (unpaired) electrons. The van der Waals surface area contributed by atoms with E-state index >= 15 is 0 Å². The SMILES string of the molecule is CC1=CC(C)CC(C)CC(=O)CC(c2ccc(O)cc2)NC(=O)C(Cc2c(Br)[nH]c3ccccc23)N(C)C(=O)C(C)NC(=O)C(C)C1. The van der Waals surface area contributed by atoms with Gasteiger partial charge in [0.1, 0.15) is 23.6 Å². The van der Waals surface area contributed by atoms with Gasteiger partial charge in [-0.3, -0.25) is 19.2 Å². The minimum atomic E-state index is -0.975. The molecule has 47 heavy (non-hydrogen) atoms. The second kappa shape index (κ2) is 15.8. The summed E-state index contributed by atoms with van der Waals surface area (Å²) in [7, 11) is 1.57. The van der Waals surface area contributed by atoms with E-state index < -0.39 is 29.9 Å². The number of carbonyl (C=O) groups excluding carboxylic acids is 4. The molecule has 10 heteroatoms. The number of ketones is 1. The lowest BCUT2D eigenvalue weighted by atomic mass is 9.89. The number of H-pyrrole nitrogens is 1. The van der Waals surface area contributed by atoms with Gasteiger partial charge in [0.25, 0.3) is 0 Å². The molecule has 0 aliphatic carbocycles. The lowest BCUT2D eigenvalue weighted by molar-refractivity contribution is -0.142. The van der Waals surface area contributed by atoms with Crippen LogP contribution in [0.5, 0.6) is 5.75 Å². The van der Waals surface area contributed by atoms with Crippen LogP contribution in [0.15, 0.2) is 64.8 Å². The molecular formula is C37H47BrN4O5. The average molecular weight is 708 g/mol. The number of carbonyl (C=O) groups is 4. The maximum Gasteiger partial charge on any atom is 0.245 e. The zero-order valence-corrected chi connectivity index (χ0v) is 29.7. The van der Waals surface area contributed by atoms with E-state index in [-0.39, 0.29) is 48.0 Å². The zero-order valence-electron chi connectivity index (χ0n) is 28.1. The number of allylic oxidation sites excluding steroid dienone is 2. The first-order valence-corrected chi connectivity index (χ1v) is 17.1. The maximum absolute atomic E-state index is 14.3. The number of phenolic OH excluding ortho intramolecular Hbond substituents is 1. The normalized spacial score (nSPS) is 26.2. The third-order valence-electron chi connectivity index (χ3n) is 9.04. The zero-order chi connectivity index (χ0) is 34.4. The minimum Gasteiger partial charge on any atom is -0.508 e. The molecule has 2 heterocycles. The second-order valence-electron chi connectivity index (χ2n) is 13.4. The average Bonchev–Trinajstić information content (AvgIpc) is 3.32. The number of Topliss-reactive ketones (excluding diaryl/α,β-unsaturated/α-hetero) is 1. The van der Waals surface area contributed by atoms with Crippen LogP contribution in [0.25, 0.3) is 10.9 Å². The van der Waals surface area contributed by atoms with E-state index in [1.54, 1.807) is 26.1 Å². The Bertz CT molecular complexity index is 1630. The van der Waals surface area contributed by atoms with Gasteiger partial charge in [0.05, 0.1) is 10.6 Å². The van der Waals surface area contributed by atoms with Crippen LogP contribution in [0.1, 0.15) is 77.5 Å². The Morgan fingerprint density at radius 2 is 1.57 bits per heavy atom. The third-order valence-corrected chi connectivity index (χ3v) is 9.72. The largest absolute Gasteiger partial charge is 0.508 e. The fourth-order valence-electron chi connectivity index (χ4n) is 6.68. The smallest absolute Gasteiger partial charge is 0.245 e. The summed E-state index contributed by atoms with van der Waals surface area (Å²) in [5.74, 6) is -1.03. The van der Waals surface area contributed by atoms with Crippen LogP contribution in [0.3, 0.4) is 0 Å². The van der Waals surface area contributed by atoms with Crippen molar-refractivity contribution in [3.05, 3.63) is 75.9 Å². The second-order valence-corrected chi connectivity index (χ2v) is 14.2. The molecule has 3 amide bonds. The van der Waals surface area contributed by atoms with Crippen molar-refractivity contribution in [1.82, 2.24) is 20.5 Å². The van der Waals surface area contributed by atoms with Gasteiger partial charge in [-0.05, 0) is 83.8 Å². The highest BCUT2D eigenvalue weighted by molar-refractivity contribution is 9.10. The van der Waals surface area contributed by atoms with Gasteiger partial charge < -0.3 is 25.6 Å².